The topological polar surface area (TPSA) is 56.0 Å². The van der Waals surface area contributed by atoms with Crippen LogP contribution in [0.2, 0.25) is 5.02 Å². The Hall–Kier alpha value is -2.46. The van der Waals surface area contributed by atoms with Gasteiger partial charge in [-0.05, 0) is 18.2 Å². The van der Waals surface area contributed by atoms with Gasteiger partial charge in [0.05, 0.1) is 21.2 Å². The third-order valence-electron chi connectivity index (χ3n) is 3.04. The SMILES string of the molecule is O=[N+]([O-])c1ccc(Cl)c(-c2ccc3ccccc3n2)c1. The molecule has 0 N–H and O–H groups in total. The molecule has 0 fully saturated rings. The van der Waals surface area contributed by atoms with Crippen molar-refractivity contribution in [2.75, 3.05) is 0 Å². The summed E-state index contributed by atoms with van der Waals surface area (Å²) in [4.78, 5) is 14.9. The van der Waals surface area contributed by atoms with Crippen molar-refractivity contribution in [2.24, 2.45) is 0 Å². The number of nitrogens with zero attached hydrogens (tertiary/aromatic N) is 2. The van der Waals surface area contributed by atoms with Gasteiger partial charge in [0.15, 0.2) is 0 Å². The maximum absolute atomic E-state index is 10.9. The zero-order valence-electron chi connectivity index (χ0n) is 10.3. The Morgan fingerprint density at radius 3 is 2.65 bits per heavy atom. The number of hydrogen-bond donors (Lipinski definition) is 0. The average molecular weight is 285 g/mol. The van der Waals surface area contributed by atoms with Crippen molar-refractivity contribution in [2.45, 2.75) is 0 Å². The summed E-state index contributed by atoms with van der Waals surface area (Å²) < 4.78 is 0. The van der Waals surface area contributed by atoms with Gasteiger partial charge in [-0.1, -0.05) is 35.9 Å². The maximum atomic E-state index is 10.9. The largest absolute Gasteiger partial charge is 0.270 e. The van der Waals surface area contributed by atoms with Crippen LogP contribution in [0.15, 0.2) is 54.6 Å². The van der Waals surface area contributed by atoms with E-state index in [0.29, 0.717) is 16.3 Å². The summed E-state index contributed by atoms with van der Waals surface area (Å²) in [6, 6.07) is 15.8. The Kier molecular flexibility index (Phi) is 3.08. The molecular formula is C15H9ClN2O2. The second-order valence-corrected chi connectivity index (χ2v) is 4.72. The van der Waals surface area contributed by atoms with Crippen molar-refractivity contribution in [1.29, 1.82) is 0 Å². The number of nitro benzene ring substituents is 1. The molecule has 0 aliphatic heterocycles. The number of rotatable bonds is 2. The molecule has 0 aliphatic carbocycles. The fraction of sp³-hybridized carbons (Fsp3) is 0. The highest BCUT2D eigenvalue weighted by molar-refractivity contribution is 6.33. The van der Waals surface area contributed by atoms with Gasteiger partial charge in [-0.2, -0.15) is 0 Å². The first-order valence-electron chi connectivity index (χ1n) is 5.95. The number of halogens is 1. The summed E-state index contributed by atoms with van der Waals surface area (Å²) in [6.07, 6.45) is 0. The average Bonchev–Trinajstić information content (AvgIpc) is 2.47. The molecule has 1 aromatic heterocycles. The van der Waals surface area contributed by atoms with E-state index < -0.39 is 4.92 Å². The van der Waals surface area contributed by atoms with Crippen molar-refractivity contribution < 1.29 is 4.92 Å². The fourth-order valence-electron chi connectivity index (χ4n) is 2.04. The van der Waals surface area contributed by atoms with Gasteiger partial charge in [0, 0.05) is 23.1 Å². The summed E-state index contributed by atoms with van der Waals surface area (Å²) in [5.41, 5.74) is 2.01. The van der Waals surface area contributed by atoms with Gasteiger partial charge in [-0.3, -0.25) is 10.1 Å². The second kappa shape index (κ2) is 4.90. The second-order valence-electron chi connectivity index (χ2n) is 4.31. The minimum atomic E-state index is -0.444. The summed E-state index contributed by atoms with van der Waals surface area (Å²) in [6.45, 7) is 0. The summed E-state index contributed by atoms with van der Waals surface area (Å²) in [5, 5.41) is 12.3. The first kappa shape index (κ1) is 12.6. The van der Waals surface area contributed by atoms with Crippen LogP contribution in [0.25, 0.3) is 22.2 Å². The van der Waals surface area contributed by atoms with Crippen molar-refractivity contribution >= 4 is 28.2 Å². The number of nitro groups is 1. The molecule has 5 heteroatoms. The van der Waals surface area contributed by atoms with Crippen LogP contribution < -0.4 is 0 Å². The van der Waals surface area contributed by atoms with E-state index >= 15 is 0 Å². The predicted molar refractivity (Wildman–Crippen MR) is 78.8 cm³/mol. The standard InChI is InChI=1S/C15H9ClN2O2/c16-13-7-6-11(18(19)20)9-12(13)15-8-5-10-3-1-2-4-14(10)17-15/h1-9H. The zero-order valence-corrected chi connectivity index (χ0v) is 11.0. The van der Waals surface area contributed by atoms with Gasteiger partial charge in [0.25, 0.3) is 5.69 Å². The lowest BCUT2D eigenvalue weighted by molar-refractivity contribution is -0.384. The number of benzene rings is 2. The molecule has 0 amide bonds. The number of aromatic nitrogens is 1. The third-order valence-corrected chi connectivity index (χ3v) is 3.36. The van der Waals surface area contributed by atoms with Crippen LogP contribution in [0.3, 0.4) is 0 Å². The predicted octanol–water partition coefficient (Wildman–Crippen LogP) is 4.46. The molecule has 0 radical (unpaired) electrons. The highest BCUT2D eigenvalue weighted by Gasteiger charge is 2.12. The van der Waals surface area contributed by atoms with E-state index in [-0.39, 0.29) is 5.69 Å². The van der Waals surface area contributed by atoms with Gasteiger partial charge < -0.3 is 0 Å². The first-order valence-corrected chi connectivity index (χ1v) is 6.33. The molecule has 0 unspecified atom stereocenters. The molecule has 0 saturated heterocycles. The van der Waals surface area contributed by atoms with Crippen LogP contribution >= 0.6 is 11.6 Å². The van der Waals surface area contributed by atoms with Gasteiger partial charge >= 0.3 is 0 Å². The molecule has 98 valence electrons. The van der Waals surface area contributed by atoms with E-state index in [4.69, 9.17) is 11.6 Å². The molecule has 4 nitrogen and oxygen atoms in total. The van der Waals surface area contributed by atoms with E-state index in [0.717, 1.165) is 10.9 Å². The number of fused-ring (bicyclic) bond motifs is 1. The highest BCUT2D eigenvalue weighted by atomic mass is 35.5. The summed E-state index contributed by atoms with van der Waals surface area (Å²) >= 11 is 6.12. The monoisotopic (exact) mass is 284 g/mol. The molecule has 3 aromatic rings. The van der Waals surface area contributed by atoms with Crippen molar-refractivity contribution in [3.05, 3.63) is 69.7 Å². The molecule has 0 spiro atoms. The summed E-state index contributed by atoms with van der Waals surface area (Å²) in [7, 11) is 0. The lowest BCUT2D eigenvalue weighted by Crippen LogP contribution is -1.91. The van der Waals surface area contributed by atoms with Gasteiger partial charge in [-0.25, -0.2) is 4.98 Å². The lowest BCUT2D eigenvalue weighted by atomic mass is 10.1. The minimum Gasteiger partial charge on any atom is -0.258 e. The van der Waals surface area contributed by atoms with Gasteiger partial charge in [-0.15, -0.1) is 0 Å². The van der Waals surface area contributed by atoms with Crippen LogP contribution in [0, 0.1) is 10.1 Å². The van der Waals surface area contributed by atoms with Crippen molar-refractivity contribution in [1.82, 2.24) is 4.98 Å². The molecular weight excluding hydrogens is 276 g/mol. The van der Waals surface area contributed by atoms with Crippen LogP contribution in [0.4, 0.5) is 5.69 Å². The van der Waals surface area contributed by atoms with E-state index in [2.05, 4.69) is 4.98 Å². The normalized spacial score (nSPS) is 10.7. The highest BCUT2D eigenvalue weighted by Crippen LogP contribution is 2.31. The van der Waals surface area contributed by atoms with Crippen molar-refractivity contribution in [3.8, 4) is 11.3 Å². The van der Waals surface area contributed by atoms with E-state index in [9.17, 15) is 10.1 Å². The Morgan fingerprint density at radius 1 is 1.05 bits per heavy atom. The first-order chi connectivity index (χ1) is 9.65. The van der Waals surface area contributed by atoms with E-state index in [1.54, 1.807) is 0 Å². The lowest BCUT2D eigenvalue weighted by Gasteiger charge is -2.05. The molecule has 1 heterocycles. The van der Waals surface area contributed by atoms with Crippen LogP contribution in [-0.4, -0.2) is 9.91 Å². The van der Waals surface area contributed by atoms with Crippen LogP contribution in [-0.2, 0) is 0 Å². The molecule has 0 saturated carbocycles. The molecule has 2 aromatic carbocycles. The Bertz CT molecular complexity index is 818. The maximum Gasteiger partial charge on any atom is 0.270 e. The number of pyridine rings is 1. The fourth-order valence-corrected chi connectivity index (χ4v) is 2.25. The number of para-hydroxylation sites is 1. The zero-order chi connectivity index (χ0) is 14.1. The minimum absolute atomic E-state index is 0.000594. The molecule has 0 bridgehead atoms. The van der Waals surface area contributed by atoms with Crippen LogP contribution in [0.5, 0.6) is 0 Å². The van der Waals surface area contributed by atoms with E-state index in [1.165, 1.54) is 18.2 Å². The molecule has 0 atom stereocenters. The number of non-ortho nitro benzene ring substituents is 1. The molecule has 20 heavy (non-hydrogen) atoms. The quantitative estimate of drug-likeness (QED) is 0.515. The Balaban J connectivity index is 2.19. The van der Waals surface area contributed by atoms with Gasteiger partial charge in [0.1, 0.15) is 0 Å². The van der Waals surface area contributed by atoms with Gasteiger partial charge in [0.2, 0.25) is 0 Å². The number of hydrogen-bond acceptors (Lipinski definition) is 3. The van der Waals surface area contributed by atoms with E-state index in [1.807, 2.05) is 36.4 Å². The Labute approximate surface area is 119 Å². The van der Waals surface area contributed by atoms with Crippen LogP contribution in [0.1, 0.15) is 0 Å². The Morgan fingerprint density at radius 2 is 1.85 bits per heavy atom. The molecule has 0 aliphatic rings. The molecule has 3 rings (SSSR count). The third kappa shape index (κ3) is 2.21. The smallest absolute Gasteiger partial charge is 0.258 e. The summed E-state index contributed by atoms with van der Waals surface area (Å²) in [5.74, 6) is 0. The van der Waals surface area contributed by atoms with Crippen molar-refractivity contribution in [3.63, 3.8) is 0 Å².